The van der Waals surface area contributed by atoms with Gasteiger partial charge < -0.3 is 14.4 Å². The van der Waals surface area contributed by atoms with E-state index < -0.39 is 0 Å². The van der Waals surface area contributed by atoms with Crippen molar-refractivity contribution in [3.05, 3.63) is 27.7 Å². The van der Waals surface area contributed by atoms with Crippen LogP contribution >= 0.6 is 27.5 Å². The summed E-state index contributed by atoms with van der Waals surface area (Å²) in [6.45, 7) is 3.25. The van der Waals surface area contributed by atoms with E-state index in [4.69, 9.17) is 21.1 Å². The number of hydrogen-bond acceptors (Lipinski definition) is 4. The van der Waals surface area contributed by atoms with E-state index in [0.717, 1.165) is 0 Å². The second-order valence-corrected chi connectivity index (χ2v) is 6.56. The molecule has 0 bridgehead atoms. The highest BCUT2D eigenvalue weighted by molar-refractivity contribution is 9.10. The van der Waals surface area contributed by atoms with E-state index in [1.165, 1.54) is 0 Å². The Labute approximate surface area is 149 Å². The zero-order valence-electron chi connectivity index (χ0n) is 12.9. The third-order valence-electron chi connectivity index (χ3n) is 3.71. The lowest BCUT2D eigenvalue weighted by Crippen LogP contribution is -2.42. The zero-order chi connectivity index (χ0) is 16.8. The molecule has 1 heterocycles. The quantitative estimate of drug-likeness (QED) is 0.707. The number of benzene rings is 1. The Hall–Kier alpha value is -1.27. The minimum atomic E-state index is -0.166. The second kappa shape index (κ2) is 8.55. The van der Waals surface area contributed by atoms with Crippen molar-refractivity contribution in [1.82, 2.24) is 4.90 Å². The van der Waals surface area contributed by atoms with Crippen molar-refractivity contribution < 1.29 is 19.1 Å². The Morgan fingerprint density at radius 3 is 2.65 bits per heavy atom. The highest BCUT2D eigenvalue weighted by Crippen LogP contribution is 2.28. The molecule has 0 aromatic heterocycles. The highest BCUT2D eigenvalue weighted by Gasteiger charge is 2.28. The molecule has 0 atom stereocenters. The molecule has 1 amide bonds. The average Bonchev–Trinajstić information content (AvgIpc) is 2.54. The third-order valence-corrected chi connectivity index (χ3v) is 4.57. The van der Waals surface area contributed by atoms with E-state index in [-0.39, 0.29) is 24.4 Å². The number of rotatable bonds is 5. The molecule has 1 fully saturated rings. The van der Waals surface area contributed by atoms with Crippen LogP contribution in [0.25, 0.3) is 0 Å². The first-order chi connectivity index (χ1) is 11.0. The van der Waals surface area contributed by atoms with Gasteiger partial charge in [0.2, 0.25) is 0 Å². The Kier molecular flexibility index (Phi) is 6.72. The summed E-state index contributed by atoms with van der Waals surface area (Å²) < 4.78 is 11.3. The number of likely N-dealkylation sites (tertiary alicyclic amines) is 1. The van der Waals surface area contributed by atoms with Crippen molar-refractivity contribution in [3.8, 4) is 5.75 Å². The SMILES string of the molecule is CCOC(=O)C1CCN(C(=O)COc2ccc(Cl)cc2Br)CC1. The van der Waals surface area contributed by atoms with Crippen LogP contribution in [-0.4, -0.2) is 43.1 Å². The number of carbonyl (C=O) groups is 2. The molecule has 2 rings (SSSR count). The van der Waals surface area contributed by atoms with Crippen LogP contribution in [-0.2, 0) is 14.3 Å². The van der Waals surface area contributed by atoms with Gasteiger partial charge in [0.05, 0.1) is 17.0 Å². The lowest BCUT2D eigenvalue weighted by molar-refractivity contribution is -0.151. The summed E-state index contributed by atoms with van der Waals surface area (Å²) in [5.74, 6) is 0.213. The maximum Gasteiger partial charge on any atom is 0.309 e. The largest absolute Gasteiger partial charge is 0.483 e. The van der Waals surface area contributed by atoms with Crippen LogP contribution in [0.1, 0.15) is 19.8 Å². The van der Waals surface area contributed by atoms with Gasteiger partial charge in [0.25, 0.3) is 5.91 Å². The summed E-state index contributed by atoms with van der Waals surface area (Å²) in [5.41, 5.74) is 0. The smallest absolute Gasteiger partial charge is 0.309 e. The van der Waals surface area contributed by atoms with Crippen molar-refractivity contribution in [1.29, 1.82) is 0 Å². The summed E-state index contributed by atoms with van der Waals surface area (Å²) >= 11 is 9.21. The van der Waals surface area contributed by atoms with Crippen molar-refractivity contribution in [2.75, 3.05) is 26.3 Å². The van der Waals surface area contributed by atoms with Gasteiger partial charge in [0.1, 0.15) is 5.75 Å². The van der Waals surface area contributed by atoms with Crippen LogP contribution in [0.2, 0.25) is 5.02 Å². The zero-order valence-corrected chi connectivity index (χ0v) is 15.2. The molecule has 23 heavy (non-hydrogen) atoms. The number of piperidine rings is 1. The standard InChI is InChI=1S/C16H19BrClNO4/c1-2-22-16(21)11-5-7-19(8-6-11)15(20)10-23-14-4-3-12(18)9-13(14)17/h3-4,9,11H,2,5-8,10H2,1H3. The topological polar surface area (TPSA) is 55.8 Å². The summed E-state index contributed by atoms with van der Waals surface area (Å²) in [6.07, 6.45) is 1.27. The fraction of sp³-hybridized carbons (Fsp3) is 0.500. The number of ether oxygens (including phenoxy) is 2. The Morgan fingerprint density at radius 1 is 1.35 bits per heavy atom. The van der Waals surface area contributed by atoms with Crippen molar-refractivity contribution in [2.24, 2.45) is 5.92 Å². The fourth-order valence-corrected chi connectivity index (χ4v) is 3.24. The number of nitrogens with zero attached hydrogens (tertiary/aromatic N) is 1. The Bertz CT molecular complexity index is 573. The minimum Gasteiger partial charge on any atom is -0.483 e. The van der Waals surface area contributed by atoms with Crippen LogP contribution in [0.4, 0.5) is 0 Å². The first kappa shape index (κ1) is 18.1. The van der Waals surface area contributed by atoms with Crippen molar-refractivity contribution in [3.63, 3.8) is 0 Å². The maximum absolute atomic E-state index is 12.2. The van der Waals surface area contributed by atoms with E-state index in [2.05, 4.69) is 15.9 Å². The molecule has 1 aromatic rings. The van der Waals surface area contributed by atoms with Gasteiger partial charge in [-0.3, -0.25) is 9.59 Å². The van der Waals surface area contributed by atoms with E-state index in [0.29, 0.717) is 47.8 Å². The molecule has 1 aliphatic rings. The first-order valence-electron chi connectivity index (χ1n) is 7.53. The molecular formula is C16H19BrClNO4. The molecule has 0 radical (unpaired) electrons. The predicted molar refractivity (Wildman–Crippen MR) is 90.6 cm³/mol. The molecule has 126 valence electrons. The van der Waals surface area contributed by atoms with Gasteiger partial charge in [-0.15, -0.1) is 0 Å². The van der Waals surface area contributed by atoms with Crippen molar-refractivity contribution in [2.45, 2.75) is 19.8 Å². The van der Waals surface area contributed by atoms with Gasteiger partial charge in [-0.2, -0.15) is 0 Å². The van der Waals surface area contributed by atoms with Crippen molar-refractivity contribution >= 4 is 39.4 Å². The number of carbonyl (C=O) groups excluding carboxylic acids is 2. The Morgan fingerprint density at radius 2 is 2.04 bits per heavy atom. The van der Waals surface area contributed by atoms with Gasteiger partial charge in [-0.25, -0.2) is 0 Å². The molecule has 1 aromatic carbocycles. The van der Waals surface area contributed by atoms with Crippen LogP contribution in [0, 0.1) is 5.92 Å². The normalized spacial score (nSPS) is 15.3. The number of esters is 1. The van der Waals surface area contributed by atoms with Crippen LogP contribution in [0.3, 0.4) is 0 Å². The van der Waals surface area contributed by atoms with E-state index in [9.17, 15) is 9.59 Å². The van der Waals surface area contributed by atoms with E-state index in [1.54, 1.807) is 30.0 Å². The van der Waals surface area contributed by atoms with E-state index >= 15 is 0 Å². The maximum atomic E-state index is 12.2. The minimum absolute atomic E-state index is 0.0374. The highest BCUT2D eigenvalue weighted by atomic mass is 79.9. The monoisotopic (exact) mass is 403 g/mol. The lowest BCUT2D eigenvalue weighted by atomic mass is 9.97. The number of hydrogen-bond donors (Lipinski definition) is 0. The summed E-state index contributed by atoms with van der Waals surface area (Å²) in [6, 6.07) is 5.13. The second-order valence-electron chi connectivity index (χ2n) is 5.27. The molecule has 0 saturated carbocycles. The molecule has 1 saturated heterocycles. The fourth-order valence-electron chi connectivity index (χ4n) is 2.45. The van der Waals surface area contributed by atoms with Gasteiger partial charge in [0.15, 0.2) is 6.61 Å². The van der Waals surface area contributed by atoms with Crippen LogP contribution in [0.5, 0.6) is 5.75 Å². The molecule has 0 N–H and O–H groups in total. The number of halogens is 2. The van der Waals surface area contributed by atoms with Crippen LogP contribution in [0.15, 0.2) is 22.7 Å². The Balaban J connectivity index is 1.80. The van der Waals surface area contributed by atoms with Gasteiger partial charge in [-0.1, -0.05) is 11.6 Å². The summed E-state index contributed by atoms with van der Waals surface area (Å²) in [7, 11) is 0. The van der Waals surface area contributed by atoms with E-state index in [1.807, 2.05) is 0 Å². The number of amides is 1. The average molecular weight is 405 g/mol. The van der Waals surface area contributed by atoms with Gasteiger partial charge in [-0.05, 0) is 53.9 Å². The lowest BCUT2D eigenvalue weighted by Gasteiger charge is -2.30. The predicted octanol–water partition coefficient (Wildman–Crippen LogP) is 3.28. The van der Waals surface area contributed by atoms with Gasteiger partial charge >= 0.3 is 5.97 Å². The first-order valence-corrected chi connectivity index (χ1v) is 8.70. The molecule has 0 unspecified atom stereocenters. The van der Waals surface area contributed by atoms with Gasteiger partial charge in [0, 0.05) is 18.1 Å². The summed E-state index contributed by atoms with van der Waals surface area (Å²) in [4.78, 5) is 25.6. The molecule has 0 spiro atoms. The molecule has 7 heteroatoms. The third kappa shape index (κ3) is 5.11. The molecular weight excluding hydrogens is 386 g/mol. The molecule has 0 aliphatic carbocycles. The summed E-state index contributed by atoms with van der Waals surface area (Å²) in [5, 5.41) is 0.594. The van der Waals surface area contributed by atoms with Crippen LogP contribution < -0.4 is 4.74 Å². The molecule has 5 nitrogen and oxygen atoms in total. The molecule has 1 aliphatic heterocycles.